The van der Waals surface area contributed by atoms with Crippen molar-refractivity contribution in [3.8, 4) is 0 Å². The Bertz CT molecular complexity index is 1030. The van der Waals surface area contributed by atoms with E-state index < -0.39 is 0 Å². The van der Waals surface area contributed by atoms with Crippen LogP contribution in [-0.4, -0.2) is 22.7 Å². The summed E-state index contributed by atoms with van der Waals surface area (Å²) >= 11 is 4.80. The van der Waals surface area contributed by atoms with E-state index in [-0.39, 0.29) is 30.6 Å². The lowest BCUT2D eigenvalue weighted by atomic mass is 10.2. The Balaban J connectivity index is 1.52. The van der Waals surface area contributed by atoms with Gasteiger partial charge in [0.25, 0.3) is 5.91 Å². The highest BCUT2D eigenvalue weighted by Crippen LogP contribution is 2.29. The number of carbonyl (C=O) groups excluding carboxylic acids is 3. The van der Waals surface area contributed by atoms with E-state index in [1.54, 1.807) is 24.3 Å². The first-order valence-electron chi connectivity index (χ1n) is 7.84. The molecule has 0 aliphatic carbocycles. The molecular formula is C18H12BrN3O3S. The summed E-state index contributed by atoms with van der Waals surface area (Å²) in [5.74, 6) is -0.727. The van der Waals surface area contributed by atoms with Crippen molar-refractivity contribution in [3.05, 3.63) is 52.5 Å². The van der Waals surface area contributed by atoms with E-state index in [4.69, 9.17) is 0 Å². The number of thiazole rings is 1. The molecule has 1 aromatic heterocycles. The molecule has 1 aliphatic rings. The Morgan fingerprint density at radius 3 is 2.46 bits per heavy atom. The first-order valence-corrected chi connectivity index (χ1v) is 9.45. The van der Waals surface area contributed by atoms with E-state index in [0.29, 0.717) is 16.4 Å². The van der Waals surface area contributed by atoms with Crippen molar-refractivity contribution in [2.75, 3.05) is 10.2 Å². The normalized spacial score (nSPS) is 14.3. The second-order valence-corrected chi connectivity index (χ2v) is 7.70. The molecule has 26 heavy (non-hydrogen) atoms. The highest BCUT2D eigenvalue weighted by molar-refractivity contribution is 9.10. The fourth-order valence-electron chi connectivity index (χ4n) is 2.75. The number of aromatic nitrogens is 1. The van der Waals surface area contributed by atoms with Gasteiger partial charge in [-0.05, 0) is 42.5 Å². The Morgan fingerprint density at radius 1 is 1.08 bits per heavy atom. The second kappa shape index (κ2) is 6.62. The van der Waals surface area contributed by atoms with E-state index in [9.17, 15) is 14.4 Å². The second-order valence-electron chi connectivity index (χ2n) is 5.75. The van der Waals surface area contributed by atoms with Gasteiger partial charge in [-0.15, -0.1) is 0 Å². The van der Waals surface area contributed by atoms with Gasteiger partial charge in [-0.25, -0.2) is 4.98 Å². The largest absolute Gasteiger partial charge is 0.298 e. The first-order chi connectivity index (χ1) is 12.5. The molecule has 0 atom stereocenters. The van der Waals surface area contributed by atoms with Crippen LogP contribution in [0.4, 0.5) is 10.8 Å². The Kier molecular flexibility index (Phi) is 4.29. The SMILES string of the molecule is O=C(Nc1nc2ccc(Br)cc2s1)c1ccc(N2C(=O)CCC2=O)cc1. The predicted molar refractivity (Wildman–Crippen MR) is 103 cm³/mol. The molecule has 6 nitrogen and oxygen atoms in total. The van der Waals surface area contributed by atoms with Crippen molar-refractivity contribution in [3.63, 3.8) is 0 Å². The minimum atomic E-state index is -0.297. The lowest BCUT2D eigenvalue weighted by Gasteiger charge is -2.13. The van der Waals surface area contributed by atoms with Gasteiger partial charge in [-0.2, -0.15) is 0 Å². The topological polar surface area (TPSA) is 79.4 Å². The maximum absolute atomic E-state index is 12.4. The Morgan fingerprint density at radius 2 is 1.77 bits per heavy atom. The number of halogens is 1. The number of imide groups is 1. The molecule has 0 spiro atoms. The predicted octanol–water partition coefficient (Wildman–Crippen LogP) is 3.96. The number of hydrogen-bond acceptors (Lipinski definition) is 5. The van der Waals surface area contributed by atoms with Crippen LogP contribution in [0.3, 0.4) is 0 Å². The van der Waals surface area contributed by atoms with Crippen LogP contribution >= 0.6 is 27.3 Å². The number of benzene rings is 2. The molecule has 1 fully saturated rings. The van der Waals surface area contributed by atoms with E-state index in [0.717, 1.165) is 19.6 Å². The lowest BCUT2D eigenvalue weighted by molar-refractivity contribution is -0.121. The van der Waals surface area contributed by atoms with Crippen molar-refractivity contribution in [1.82, 2.24) is 4.98 Å². The fraction of sp³-hybridized carbons (Fsp3) is 0.111. The van der Waals surface area contributed by atoms with Gasteiger partial charge in [0.2, 0.25) is 11.8 Å². The highest BCUT2D eigenvalue weighted by Gasteiger charge is 2.30. The summed E-state index contributed by atoms with van der Waals surface area (Å²) in [5.41, 5.74) is 1.72. The van der Waals surface area contributed by atoms with Gasteiger partial charge in [-0.3, -0.25) is 24.6 Å². The molecule has 0 bridgehead atoms. The van der Waals surface area contributed by atoms with Crippen LogP contribution in [0.15, 0.2) is 46.9 Å². The highest BCUT2D eigenvalue weighted by atomic mass is 79.9. The van der Waals surface area contributed by atoms with Crippen molar-refractivity contribution in [2.45, 2.75) is 12.8 Å². The lowest BCUT2D eigenvalue weighted by Crippen LogP contribution is -2.28. The zero-order valence-electron chi connectivity index (χ0n) is 13.4. The Hall–Kier alpha value is -2.58. The zero-order valence-corrected chi connectivity index (χ0v) is 15.8. The molecule has 0 unspecified atom stereocenters. The maximum Gasteiger partial charge on any atom is 0.257 e. The van der Waals surface area contributed by atoms with Gasteiger partial charge < -0.3 is 0 Å². The van der Waals surface area contributed by atoms with E-state index in [1.807, 2.05) is 18.2 Å². The molecular weight excluding hydrogens is 418 g/mol. The van der Waals surface area contributed by atoms with Gasteiger partial charge in [-0.1, -0.05) is 27.3 Å². The number of amides is 3. The van der Waals surface area contributed by atoms with Crippen LogP contribution in [0.2, 0.25) is 0 Å². The van der Waals surface area contributed by atoms with Crippen molar-refractivity contribution >= 4 is 66.0 Å². The molecule has 8 heteroatoms. The van der Waals surface area contributed by atoms with Gasteiger partial charge in [0.15, 0.2) is 5.13 Å². The summed E-state index contributed by atoms with van der Waals surface area (Å²) in [5, 5.41) is 3.29. The minimum Gasteiger partial charge on any atom is -0.298 e. The van der Waals surface area contributed by atoms with Gasteiger partial charge in [0.05, 0.1) is 15.9 Å². The standard InChI is InChI=1S/C18H12BrN3O3S/c19-11-3-6-13-14(9-11)26-18(20-13)21-17(25)10-1-4-12(5-2-10)22-15(23)7-8-16(22)24/h1-6,9H,7-8H2,(H,20,21,25). The summed E-state index contributed by atoms with van der Waals surface area (Å²) < 4.78 is 1.92. The van der Waals surface area contributed by atoms with Gasteiger partial charge in [0, 0.05) is 22.9 Å². The molecule has 0 saturated carbocycles. The number of nitrogens with zero attached hydrogens (tertiary/aromatic N) is 2. The van der Waals surface area contributed by atoms with Crippen LogP contribution in [0.5, 0.6) is 0 Å². The number of fused-ring (bicyclic) bond motifs is 1. The van der Waals surface area contributed by atoms with Crippen molar-refractivity contribution < 1.29 is 14.4 Å². The third kappa shape index (κ3) is 3.13. The third-order valence-electron chi connectivity index (χ3n) is 4.01. The third-order valence-corrected chi connectivity index (χ3v) is 5.44. The Labute approximate surface area is 161 Å². The van der Waals surface area contributed by atoms with Crippen molar-refractivity contribution in [2.24, 2.45) is 0 Å². The monoisotopic (exact) mass is 429 g/mol. The first kappa shape index (κ1) is 16.9. The molecule has 3 amide bonds. The number of anilines is 2. The molecule has 1 N–H and O–H groups in total. The van der Waals surface area contributed by atoms with Crippen LogP contribution in [0, 0.1) is 0 Å². The number of nitrogens with one attached hydrogen (secondary N) is 1. The summed E-state index contributed by atoms with van der Waals surface area (Å²) in [6.07, 6.45) is 0.462. The van der Waals surface area contributed by atoms with E-state index in [1.165, 1.54) is 11.3 Å². The van der Waals surface area contributed by atoms with E-state index in [2.05, 4.69) is 26.2 Å². The molecule has 3 aromatic rings. The smallest absolute Gasteiger partial charge is 0.257 e. The quantitative estimate of drug-likeness (QED) is 0.638. The maximum atomic E-state index is 12.4. The van der Waals surface area contributed by atoms with Crippen LogP contribution in [0.1, 0.15) is 23.2 Å². The molecule has 2 aromatic carbocycles. The summed E-state index contributed by atoms with van der Waals surface area (Å²) in [6.45, 7) is 0. The number of rotatable bonds is 3. The summed E-state index contributed by atoms with van der Waals surface area (Å²) in [7, 11) is 0. The molecule has 1 saturated heterocycles. The van der Waals surface area contributed by atoms with Gasteiger partial charge in [0.1, 0.15) is 0 Å². The van der Waals surface area contributed by atoms with Crippen LogP contribution in [0.25, 0.3) is 10.2 Å². The van der Waals surface area contributed by atoms with Crippen LogP contribution in [-0.2, 0) is 9.59 Å². The molecule has 1 aliphatic heterocycles. The van der Waals surface area contributed by atoms with Gasteiger partial charge >= 0.3 is 0 Å². The fourth-order valence-corrected chi connectivity index (χ4v) is 4.16. The molecule has 4 rings (SSSR count). The number of carbonyl (C=O) groups is 3. The number of hydrogen-bond donors (Lipinski definition) is 1. The molecule has 0 radical (unpaired) electrons. The average Bonchev–Trinajstić information content (AvgIpc) is 3.17. The minimum absolute atomic E-state index is 0.215. The van der Waals surface area contributed by atoms with E-state index >= 15 is 0 Å². The van der Waals surface area contributed by atoms with Crippen LogP contribution < -0.4 is 10.2 Å². The zero-order chi connectivity index (χ0) is 18.3. The molecule has 130 valence electrons. The summed E-state index contributed by atoms with van der Waals surface area (Å²) in [4.78, 5) is 41.5. The average molecular weight is 430 g/mol. The molecule has 2 heterocycles. The summed E-state index contributed by atoms with van der Waals surface area (Å²) in [6, 6.07) is 12.1. The van der Waals surface area contributed by atoms with Crippen molar-refractivity contribution in [1.29, 1.82) is 0 Å².